The number of aromatic nitrogens is 2. The Hall–Kier alpha value is -1.96. The first-order chi connectivity index (χ1) is 10.0. The van der Waals surface area contributed by atoms with Gasteiger partial charge in [-0.15, -0.1) is 0 Å². The maximum Gasteiger partial charge on any atom is 0.323 e. The second-order valence-electron chi connectivity index (χ2n) is 5.20. The fourth-order valence-corrected chi connectivity index (χ4v) is 3.09. The summed E-state index contributed by atoms with van der Waals surface area (Å²) in [6.07, 6.45) is 1.69. The molecule has 0 aliphatic carbocycles. The van der Waals surface area contributed by atoms with Crippen molar-refractivity contribution in [3.05, 3.63) is 27.1 Å². The predicted octanol–water partition coefficient (Wildman–Crippen LogP) is 1.57. The number of fused-ring (bicyclic) bond motifs is 1. The molecule has 1 aromatic heterocycles. The topological polar surface area (TPSA) is 107 Å². The van der Waals surface area contributed by atoms with Crippen LogP contribution in [-0.2, 0) is 0 Å². The number of carbonyl (C=O) groups is 1. The summed E-state index contributed by atoms with van der Waals surface area (Å²) in [5, 5.41) is 3.45. The highest BCUT2D eigenvalue weighted by molar-refractivity contribution is 9.10. The Labute approximate surface area is 129 Å². The van der Waals surface area contributed by atoms with E-state index in [1.165, 1.54) is 0 Å². The Bertz CT molecular complexity index is 730. The maximum atomic E-state index is 11.3. The molecule has 1 fully saturated rings. The van der Waals surface area contributed by atoms with E-state index >= 15 is 0 Å². The minimum Gasteiger partial charge on any atom is -0.381 e. The third kappa shape index (κ3) is 2.90. The van der Waals surface area contributed by atoms with Crippen molar-refractivity contribution in [1.82, 2.24) is 14.9 Å². The number of H-pyrrole nitrogens is 2. The van der Waals surface area contributed by atoms with E-state index in [0.717, 1.165) is 34.0 Å². The number of aromatic amines is 2. The van der Waals surface area contributed by atoms with Crippen LogP contribution in [0.3, 0.4) is 0 Å². The minimum absolute atomic E-state index is 0.219. The van der Waals surface area contributed by atoms with Gasteiger partial charge in [0.05, 0.1) is 16.7 Å². The van der Waals surface area contributed by atoms with E-state index in [1.807, 2.05) is 12.1 Å². The molecule has 1 saturated heterocycles. The number of halogens is 1. The van der Waals surface area contributed by atoms with Gasteiger partial charge in [-0.05, 0) is 40.9 Å². The predicted molar refractivity (Wildman–Crippen MR) is 84.4 cm³/mol. The number of nitrogens with two attached hydrogens (primary N) is 1. The van der Waals surface area contributed by atoms with Gasteiger partial charge >= 0.3 is 11.7 Å². The van der Waals surface area contributed by atoms with Gasteiger partial charge in [0.15, 0.2) is 0 Å². The van der Waals surface area contributed by atoms with E-state index < -0.39 is 0 Å². The van der Waals surface area contributed by atoms with Crippen LogP contribution in [0, 0.1) is 0 Å². The van der Waals surface area contributed by atoms with Crippen molar-refractivity contribution >= 4 is 38.7 Å². The number of likely N-dealkylation sites (tertiary alicyclic amines) is 1. The Morgan fingerprint density at radius 1 is 1.29 bits per heavy atom. The Morgan fingerprint density at radius 3 is 2.52 bits per heavy atom. The average Bonchev–Trinajstić information content (AvgIpc) is 2.79. The van der Waals surface area contributed by atoms with Crippen LogP contribution >= 0.6 is 15.9 Å². The maximum absolute atomic E-state index is 11.3. The average molecular weight is 354 g/mol. The summed E-state index contributed by atoms with van der Waals surface area (Å²) >= 11 is 3.51. The van der Waals surface area contributed by atoms with E-state index in [1.54, 1.807) is 4.90 Å². The fraction of sp³-hybridized carbons (Fsp3) is 0.385. The Balaban J connectivity index is 1.74. The molecule has 7 nitrogen and oxygen atoms in total. The first-order valence-corrected chi connectivity index (χ1v) is 7.54. The highest BCUT2D eigenvalue weighted by Gasteiger charge is 2.21. The summed E-state index contributed by atoms with van der Waals surface area (Å²) in [4.78, 5) is 29.5. The standard InChI is InChI=1S/C13H16BrN5O2/c14-8-5-10-11(18-13(21)17-10)6-9(8)16-7-1-3-19(4-2-7)12(15)20/h5-7,16H,1-4H2,(H2,15,20)(H2,17,18,21). The van der Waals surface area contributed by atoms with E-state index in [0.29, 0.717) is 13.1 Å². The van der Waals surface area contributed by atoms with Crippen LogP contribution in [0.1, 0.15) is 12.8 Å². The zero-order chi connectivity index (χ0) is 15.0. The second-order valence-corrected chi connectivity index (χ2v) is 6.05. The lowest BCUT2D eigenvalue weighted by Crippen LogP contribution is -2.44. The van der Waals surface area contributed by atoms with Gasteiger partial charge in [-0.25, -0.2) is 9.59 Å². The summed E-state index contributed by atoms with van der Waals surface area (Å²) < 4.78 is 0.891. The molecule has 0 spiro atoms. The lowest BCUT2D eigenvalue weighted by molar-refractivity contribution is 0.193. The molecule has 0 bridgehead atoms. The number of primary amides is 1. The fourth-order valence-electron chi connectivity index (χ4n) is 2.63. The molecule has 1 aliphatic rings. The van der Waals surface area contributed by atoms with Crippen LogP contribution in [0.4, 0.5) is 10.5 Å². The van der Waals surface area contributed by atoms with Gasteiger partial charge in [0.25, 0.3) is 0 Å². The normalized spacial score (nSPS) is 16.3. The van der Waals surface area contributed by atoms with Crippen molar-refractivity contribution in [2.24, 2.45) is 5.73 Å². The molecule has 2 heterocycles. The first-order valence-electron chi connectivity index (χ1n) is 6.75. The Morgan fingerprint density at radius 2 is 1.90 bits per heavy atom. The number of carbonyl (C=O) groups excluding carboxylic acids is 1. The summed E-state index contributed by atoms with van der Waals surface area (Å²) in [5.41, 5.74) is 7.51. The van der Waals surface area contributed by atoms with E-state index in [2.05, 4.69) is 31.2 Å². The molecule has 0 radical (unpaired) electrons. The number of nitrogens with zero attached hydrogens (tertiary/aromatic N) is 1. The number of amides is 2. The lowest BCUT2D eigenvalue weighted by atomic mass is 10.0. The number of hydrogen-bond donors (Lipinski definition) is 4. The first kappa shape index (κ1) is 14.0. The monoisotopic (exact) mass is 353 g/mol. The van der Waals surface area contributed by atoms with E-state index in [4.69, 9.17) is 5.73 Å². The molecule has 0 unspecified atom stereocenters. The molecule has 112 valence electrons. The third-order valence-electron chi connectivity index (χ3n) is 3.77. The van der Waals surface area contributed by atoms with Crippen LogP contribution in [0.2, 0.25) is 0 Å². The van der Waals surface area contributed by atoms with Gasteiger partial charge in [-0.1, -0.05) is 0 Å². The van der Waals surface area contributed by atoms with Gasteiger partial charge < -0.3 is 25.9 Å². The zero-order valence-electron chi connectivity index (χ0n) is 11.3. The molecular weight excluding hydrogens is 338 g/mol. The van der Waals surface area contributed by atoms with Crippen LogP contribution in [0.15, 0.2) is 21.4 Å². The molecule has 0 saturated carbocycles. The number of imidazole rings is 1. The Kier molecular flexibility index (Phi) is 3.62. The number of urea groups is 1. The van der Waals surface area contributed by atoms with Crippen molar-refractivity contribution < 1.29 is 4.79 Å². The number of piperidine rings is 1. The van der Waals surface area contributed by atoms with Crippen LogP contribution < -0.4 is 16.7 Å². The second kappa shape index (κ2) is 5.44. The number of nitrogens with one attached hydrogen (secondary N) is 3. The van der Waals surface area contributed by atoms with Crippen LogP contribution in [0.5, 0.6) is 0 Å². The number of anilines is 1. The van der Waals surface area contributed by atoms with Gasteiger partial charge in [-0.2, -0.15) is 0 Å². The van der Waals surface area contributed by atoms with Gasteiger partial charge in [0.2, 0.25) is 0 Å². The van der Waals surface area contributed by atoms with Crippen molar-refractivity contribution in [1.29, 1.82) is 0 Å². The number of hydrogen-bond acceptors (Lipinski definition) is 3. The summed E-state index contributed by atoms with van der Waals surface area (Å²) in [5.74, 6) is 0. The summed E-state index contributed by atoms with van der Waals surface area (Å²) in [6, 6.07) is 3.69. The highest BCUT2D eigenvalue weighted by atomic mass is 79.9. The summed E-state index contributed by atoms with van der Waals surface area (Å²) in [7, 11) is 0. The van der Waals surface area contributed by atoms with Crippen molar-refractivity contribution in [2.75, 3.05) is 18.4 Å². The molecule has 8 heteroatoms. The van der Waals surface area contributed by atoms with E-state index in [-0.39, 0.29) is 17.8 Å². The molecule has 21 heavy (non-hydrogen) atoms. The quantitative estimate of drug-likeness (QED) is 0.658. The smallest absolute Gasteiger partial charge is 0.323 e. The van der Waals surface area contributed by atoms with Gasteiger partial charge in [0.1, 0.15) is 0 Å². The molecular formula is C13H16BrN5O2. The number of rotatable bonds is 2. The molecule has 2 amide bonds. The van der Waals surface area contributed by atoms with Gasteiger partial charge in [0, 0.05) is 23.6 Å². The van der Waals surface area contributed by atoms with Crippen molar-refractivity contribution in [2.45, 2.75) is 18.9 Å². The molecule has 3 rings (SSSR count). The molecule has 2 aromatic rings. The molecule has 0 atom stereocenters. The van der Waals surface area contributed by atoms with Crippen LogP contribution in [-0.4, -0.2) is 40.0 Å². The van der Waals surface area contributed by atoms with Crippen molar-refractivity contribution in [3.8, 4) is 0 Å². The zero-order valence-corrected chi connectivity index (χ0v) is 12.9. The minimum atomic E-state index is -0.360. The SMILES string of the molecule is NC(=O)N1CCC(Nc2cc3[nH]c(=O)[nH]c3cc2Br)CC1. The van der Waals surface area contributed by atoms with E-state index in [9.17, 15) is 9.59 Å². The third-order valence-corrected chi connectivity index (χ3v) is 4.43. The highest BCUT2D eigenvalue weighted by Crippen LogP contribution is 2.28. The van der Waals surface area contributed by atoms with Crippen molar-refractivity contribution in [3.63, 3.8) is 0 Å². The lowest BCUT2D eigenvalue weighted by Gasteiger charge is -2.32. The summed E-state index contributed by atoms with van der Waals surface area (Å²) in [6.45, 7) is 1.32. The van der Waals surface area contributed by atoms with Gasteiger partial charge in [-0.3, -0.25) is 0 Å². The number of benzene rings is 1. The molecule has 1 aliphatic heterocycles. The molecule has 5 N–H and O–H groups in total. The largest absolute Gasteiger partial charge is 0.381 e. The van der Waals surface area contributed by atoms with Crippen LogP contribution in [0.25, 0.3) is 11.0 Å². The molecule has 1 aromatic carbocycles.